The van der Waals surface area contributed by atoms with Gasteiger partial charge in [-0.2, -0.15) is 0 Å². The van der Waals surface area contributed by atoms with Crippen molar-refractivity contribution in [2.45, 2.75) is 40.7 Å². The van der Waals surface area contributed by atoms with Crippen LogP contribution in [0.15, 0.2) is 18.2 Å². The van der Waals surface area contributed by atoms with Gasteiger partial charge in [0.2, 0.25) is 15.9 Å². The van der Waals surface area contributed by atoms with Crippen molar-refractivity contribution in [3.63, 3.8) is 0 Å². The topological polar surface area (TPSA) is 57.7 Å². The van der Waals surface area contributed by atoms with Crippen LogP contribution < -0.4 is 4.31 Å². The van der Waals surface area contributed by atoms with Gasteiger partial charge in [0.15, 0.2) is 0 Å². The van der Waals surface area contributed by atoms with E-state index in [1.54, 1.807) is 11.8 Å². The number of hydrogen-bond donors (Lipinski definition) is 0. The van der Waals surface area contributed by atoms with Gasteiger partial charge in [0.05, 0.1) is 11.9 Å². The molecule has 0 fully saturated rings. The Bertz CT molecular complexity index is 637. The maximum atomic E-state index is 12.6. The Balaban J connectivity index is 3.37. The van der Waals surface area contributed by atoms with E-state index in [4.69, 9.17) is 0 Å². The minimum Gasteiger partial charge on any atom is -0.341 e. The van der Waals surface area contributed by atoms with Crippen molar-refractivity contribution in [3.05, 3.63) is 29.3 Å². The van der Waals surface area contributed by atoms with Crippen LogP contribution in [-0.2, 0) is 14.8 Å². The van der Waals surface area contributed by atoms with Crippen LogP contribution in [-0.4, -0.2) is 44.6 Å². The van der Waals surface area contributed by atoms with Crippen LogP contribution in [0.2, 0.25) is 0 Å². The molecule has 0 saturated carbocycles. The average Bonchev–Trinajstić information content (AvgIpc) is 2.42. The summed E-state index contributed by atoms with van der Waals surface area (Å²) in [5.74, 6) is -0.184. The first-order valence-electron chi connectivity index (χ1n) is 7.48. The van der Waals surface area contributed by atoms with Gasteiger partial charge in [-0.15, -0.1) is 0 Å². The van der Waals surface area contributed by atoms with Crippen molar-refractivity contribution < 1.29 is 13.2 Å². The summed E-state index contributed by atoms with van der Waals surface area (Å²) in [4.78, 5) is 14.2. The van der Waals surface area contributed by atoms with Gasteiger partial charge in [-0.3, -0.25) is 9.10 Å². The fourth-order valence-corrected chi connectivity index (χ4v) is 3.75. The van der Waals surface area contributed by atoms with Gasteiger partial charge in [0, 0.05) is 13.1 Å². The van der Waals surface area contributed by atoms with E-state index in [9.17, 15) is 13.2 Å². The maximum Gasteiger partial charge on any atom is 0.246 e. The minimum absolute atomic E-state index is 0.184. The third-order valence-electron chi connectivity index (χ3n) is 3.74. The molecule has 22 heavy (non-hydrogen) atoms. The molecule has 1 atom stereocenters. The van der Waals surface area contributed by atoms with Gasteiger partial charge in [-0.25, -0.2) is 8.42 Å². The van der Waals surface area contributed by atoms with Crippen LogP contribution in [0.1, 0.15) is 31.9 Å². The third-order valence-corrected chi connectivity index (χ3v) is 4.97. The molecule has 6 heteroatoms. The van der Waals surface area contributed by atoms with Crippen molar-refractivity contribution in [2.24, 2.45) is 0 Å². The second-order valence-electron chi connectivity index (χ2n) is 5.54. The predicted octanol–water partition coefficient (Wildman–Crippen LogP) is 2.33. The SMILES string of the molecule is CCN(CC)C(=O)[C@H](C)N(c1cc(C)ccc1C)S(C)(=O)=O. The molecule has 0 aliphatic carbocycles. The van der Waals surface area contributed by atoms with E-state index >= 15 is 0 Å². The first-order valence-corrected chi connectivity index (χ1v) is 9.33. The molecular weight excluding hydrogens is 300 g/mol. The zero-order valence-corrected chi connectivity index (χ0v) is 15.1. The number of aryl methyl sites for hydroxylation is 2. The number of carbonyl (C=O) groups excluding carboxylic acids is 1. The average molecular weight is 326 g/mol. The van der Waals surface area contributed by atoms with E-state index in [2.05, 4.69) is 0 Å². The monoisotopic (exact) mass is 326 g/mol. The molecule has 0 aliphatic heterocycles. The highest BCUT2D eigenvalue weighted by atomic mass is 32.2. The fraction of sp³-hybridized carbons (Fsp3) is 0.562. The highest BCUT2D eigenvalue weighted by Crippen LogP contribution is 2.26. The quantitative estimate of drug-likeness (QED) is 0.806. The molecule has 0 bridgehead atoms. The number of anilines is 1. The van der Waals surface area contributed by atoms with Gasteiger partial charge in [0.25, 0.3) is 0 Å². The number of benzene rings is 1. The van der Waals surface area contributed by atoms with Crippen LogP contribution >= 0.6 is 0 Å². The number of nitrogens with zero attached hydrogens (tertiary/aromatic N) is 2. The summed E-state index contributed by atoms with van der Waals surface area (Å²) in [5.41, 5.74) is 2.35. The molecule has 0 radical (unpaired) electrons. The normalized spacial score (nSPS) is 12.8. The molecule has 0 aliphatic rings. The lowest BCUT2D eigenvalue weighted by molar-refractivity contribution is -0.131. The predicted molar refractivity (Wildman–Crippen MR) is 90.6 cm³/mol. The Morgan fingerprint density at radius 2 is 1.73 bits per heavy atom. The Hall–Kier alpha value is -1.56. The molecule has 0 saturated heterocycles. The first-order chi connectivity index (χ1) is 10.1. The second kappa shape index (κ2) is 7.13. The number of carbonyl (C=O) groups is 1. The molecule has 0 spiro atoms. The number of likely N-dealkylation sites (N-methyl/N-ethyl adjacent to an activating group) is 1. The van der Waals surface area contributed by atoms with Gasteiger partial charge >= 0.3 is 0 Å². The van der Waals surface area contributed by atoms with Crippen LogP contribution in [0.4, 0.5) is 5.69 Å². The molecule has 1 aromatic carbocycles. The Kier molecular flexibility index (Phi) is 6.00. The van der Waals surface area contributed by atoms with Crippen LogP contribution in [0.25, 0.3) is 0 Å². The summed E-state index contributed by atoms with van der Waals surface area (Å²) >= 11 is 0. The van der Waals surface area contributed by atoms with Crippen LogP contribution in [0.5, 0.6) is 0 Å². The first kappa shape index (κ1) is 18.5. The molecular formula is C16H26N2O3S. The van der Waals surface area contributed by atoms with Crippen molar-refractivity contribution in [1.29, 1.82) is 0 Å². The van der Waals surface area contributed by atoms with E-state index in [1.807, 2.05) is 45.9 Å². The number of hydrogen-bond acceptors (Lipinski definition) is 3. The zero-order valence-electron chi connectivity index (χ0n) is 14.3. The third kappa shape index (κ3) is 4.00. The summed E-state index contributed by atoms with van der Waals surface area (Å²) in [6, 6.07) is 4.84. The van der Waals surface area contributed by atoms with Crippen molar-refractivity contribution >= 4 is 21.6 Å². The second-order valence-corrected chi connectivity index (χ2v) is 7.39. The van der Waals surface area contributed by atoms with E-state index in [0.717, 1.165) is 17.4 Å². The standard InChI is InChI=1S/C16H26N2O3S/c1-7-17(8-2)16(19)14(5)18(22(6,20)21)15-11-12(3)9-10-13(15)4/h9-11,14H,7-8H2,1-6H3/t14-/m0/s1. The summed E-state index contributed by atoms with van der Waals surface area (Å²) in [5, 5.41) is 0. The number of amides is 1. The molecule has 1 rings (SSSR count). The molecule has 0 heterocycles. The minimum atomic E-state index is -3.57. The molecule has 1 amide bonds. The van der Waals surface area contributed by atoms with Gasteiger partial charge < -0.3 is 4.90 Å². The van der Waals surface area contributed by atoms with E-state index in [1.165, 1.54) is 4.31 Å². The molecule has 0 N–H and O–H groups in total. The van der Waals surface area contributed by atoms with E-state index < -0.39 is 16.1 Å². The maximum absolute atomic E-state index is 12.6. The highest BCUT2D eigenvalue weighted by Gasteiger charge is 2.32. The summed E-state index contributed by atoms with van der Waals surface area (Å²) in [6.45, 7) is 10.3. The Morgan fingerprint density at radius 3 is 2.18 bits per heavy atom. The van der Waals surface area contributed by atoms with Gasteiger partial charge in [0.1, 0.15) is 6.04 Å². The van der Waals surface area contributed by atoms with Crippen LogP contribution in [0.3, 0.4) is 0 Å². The summed E-state index contributed by atoms with van der Waals surface area (Å²) < 4.78 is 25.8. The zero-order chi connectivity index (χ0) is 17.1. The van der Waals surface area contributed by atoms with Crippen LogP contribution in [0, 0.1) is 13.8 Å². The molecule has 124 valence electrons. The van der Waals surface area contributed by atoms with Crippen molar-refractivity contribution in [3.8, 4) is 0 Å². The van der Waals surface area contributed by atoms with E-state index in [0.29, 0.717) is 18.8 Å². The summed E-state index contributed by atoms with van der Waals surface area (Å²) in [6.07, 6.45) is 1.14. The van der Waals surface area contributed by atoms with Gasteiger partial charge in [-0.1, -0.05) is 12.1 Å². The number of sulfonamides is 1. The summed E-state index contributed by atoms with van der Waals surface area (Å²) in [7, 11) is -3.57. The molecule has 1 aromatic rings. The highest BCUT2D eigenvalue weighted by molar-refractivity contribution is 7.92. The fourth-order valence-electron chi connectivity index (χ4n) is 2.53. The number of rotatable bonds is 6. The van der Waals surface area contributed by atoms with Crippen molar-refractivity contribution in [2.75, 3.05) is 23.7 Å². The smallest absolute Gasteiger partial charge is 0.246 e. The molecule has 0 aromatic heterocycles. The lowest BCUT2D eigenvalue weighted by Crippen LogP contribution is -2.49. The lowest BCUT2D eigenvalue weighted by atomic mass is 10.1. The van der Waals surface area contributed by atoms with E-state index in [-0.39, 0.29) is 5.91 Å². The van der Waals surface area contributed by atoms with Crippen molar-refractivity contribution in [1.82, 2.24) is 4.90 Å². The molecule has 0 unspecified atom stereocenters. The lowest BCUT2D eigenvalue weighted by Gasteiger charge is -2.32. The largest absolute Gasteiger partial charge is 0.341 e. The van der Waals surface area contributed by atoms with Gasteiger partial charge in [-0.05, 0) is 51.8 Å². The molecule has 5 nitrogen and oxygen atoms in total. The Morgan fingerprint density at radius 1 is 1.18 bits per heavy atom. The Labute approximate surface area is 134 Å².